The van der Waals surface area contributed by atoms with Crippen molar-refractivity contribution < 1.29 is 28.2 Å². The molecule has 5 rings (SSSR count). The molecule has 0 radical (unpaired) electrons. The number of Topliss-reactive ketones (excluding diaryl/α,β-unsaturated/α-hetero) is 1. The second-order valence-corrected chi connectivity index (χ2v) is 11.1. The van der Waals surface area contributed by atoms with Gasteiger partial charge in [0.25, 0.3) is 5.78 Å². The molecule has 1 amide bonds. The number of hydrogen-bond donors (Lipinski definition) is 1. The normalized spacial score (nSPS) is 17.4. The van der Waals surface area contributed by atoms with Crippen LogP contribution in [0.25, 0.3) is 16.0 Å². The molecule has 2 aromatic carbocycles. The second-order valence-electron chi connectivity index (χ2n) is 9.10. The Bertz CT molecular complexity index is 1520. The Morgan fingerprint density at radius 1 is 1.16 bits per heavy atom. The Balaban J connectivity index is 1.62. The molecule has 4 aromatic rings. The van der Waals surface area contributed by atoms with Gasteiger partial charge < -0.3 is 9.84 Å². The molecule has 10 heteroatoms. The molecule has 1 N–H and O–H groups in total. The molecule has 1 atom stereocenters. The maximum absolute atomic E-state index is 13.8. The summed E-state index contributed by atoms with van der Waals surface area (Å²) in [6.45, 7) is 6.45. The summed E-state index contributed by atoms with van der Waals surface area (Å²) in [6, 6.07) is 9.59. The highest BCUT2D eigenvalue weighted by molar-refractivity contribution is 7.22. The predicted octanol–water partition coefficient (Wildman–Crippen LogP) is 6.61. The van der Waals surface area contributed by atoms with E-state index >= 15 is 0 Å². The zero-order chi connectivity index (χ0) is 26.4. The van der Waals surface area contributed by atoms with Crippen LogP contribution < -0.4 is 9.64 Å². The van der Waals surface area contributed by atoms with Crippen LogP contribution in [0.2, 0.25) is 0 Å². The van der Waals surface area contributed by atoms with Gasteiger partial charge in [0, 0.05) is 16.5 Å². The summed E-state index contributed by atoms with van der Waals surface area (Å²) in [7, 11) is 0. The van der Waals surface area contributed by atoms with Crippen molar-refractivity contribution in [1.82, 2.24) is 4.98 Å². The van der Waals surface area contributed by atoms with Crippen LogP contribution in [-0.2, 0) is 9.59 Å². The summed E-state index contributed by atoms with van der Waals surface area (Å²) >= 11 is 2.28. The lowest BCUT2D eigenvalue weighted by atomic mass is 9.99. The Morgan fingerprint density at radius 2 is 1.92 bits per heavy atom. The van der Waals surface area contributed by atoms with Crippen molar-refractivity contribution in [1.29, 1.82) is 0 Å². The highest BCUT2D eigenvalue weighted by atomic mass is 32.1. The Kier molecular flexibility index (Phi) is 6.55. The fourth-order valence-electron chi connectivity index (χ4n) is 4.13. The summed E-state index contributed by atoms with van der Waals surface area (Å²) < 4.78 is 33.7. The van der Waals surface area contributed by atoms with Crippen molar-refractivity contribution in [3.05, 3.63) is 81.1 Å². The number of thiophene rings is 1. The number of rotatable bonds is 6. The average molecular weight is 541 g/mol. The molecule has 190 valence electrons. The quantitative estimate of drug-likeness (QED) is 0.169. The number of carbonyl (C=O) groups is 2. The van der Waals surface area contributed by atoms with Gasteiger partial charge >= 0.3 is 5.91 Å². The van der Waals surface area contributed by atoms with Crippen molar-refractivity contribution in [3.63, 3.8) is 0 Å². The van der Waals surface area contributed by atoms with E-state index in [1.54, 1.807) is 35.7 Å². The van der Waals surface area contributed by atoms with E-state index in [0.29, 0.717) is 33.4 Å². The van der Waals surface area contributed by atoms with Gasteiger partial charge in [-0.05, 0) is 54.1 Å². The van der Waals surface area contributed by atoms with E-state index in [1.807, 2.05) is 20.8 Å². The molecule has 0 aliphatic carbocycles. The third-order valence-electron chi connectivity index (χ3n) is 5.90. The minimum atomic E-state index is -1.06. The third kappa shape index (κ3) is 4.51. The van der Waals surface area contributed by atoms with E-state index in [2.05, 4.69) is 4.98 Å². The summed E-state index contributed by atoms with van der Waals surface area (Å²) in [4.78, 5) is 32.7. The van der Waals surface area contributed by atoms with Crippen LogP contribution in [-0.4, -0.2) is 28.4 Å². The number of anilines is 1. The van der Waals surface area contributed by atoms with Crippen LogP contribution in [0.5, 0.6) is 5.75 Å². The van der Waals surface area contributed by atoms with Crippen LogP contribution in [0, 0.1) is 24.5 Å². The molecular weight excluding hydrogens is 518 g/mol. The van der Waals surface area contributed by atoms with Crippen LogP contribution in [0.15, 0.2) is 53.4 Å². The van der Waals surface area contributed by atoms with Crippen molar-refractivity contribution in [3.8, 4) is 5.75 Å². The summed E-state index contributed by atoms with van der Waals surface area (Å²) in [6.07, 6.45) is 0. The molecular formula is C27H22F2N2O4S2. The number of ketones is 1. The summed E-state index contributed by atoms with van der Waals surface area (Å²) in [5.74, 6) is -3.16. The Labute approximate surface area is 219 Å². The lowest BCUT2D eigenvalue weighted by Gasteiger charge is -2.21. The summed E-state index contributed by atoms with van der Waals surface area (Å²) in [5.41, 5.74) is 1.21. The topological polar surface area (TPSA) is 79.7 Å². The number of carbonyl (C=O) groups excluding carboxylic acids is 2. The van der Waals surface area contributed by atoms with Crippen molar-refractivity contribution in [2.45, 2.75) is 26.8 Å². The van der Waals surface area contributed by atoms with Gasteiger partial charge in [-0.3, -0.25) is 14.5 Å². The maximum atomic E-state index is 13.8. The smallest absolute Gasteiger partial charge is 0.301 e. The largest absolute Gasteiger partial charge is 0.507 e. The molecule has 6 nitrogen and oxygen atoms in total. The van der Waals surface area contributed by atoms with Crippen LogP contribution in [0.4, 0.5) is 13.9 Å². The first-order chi connectivity index (χ1) is 17.7. The second kappa shape index (κ2) is 9.68. The van der Waals surface area contributed by atoms with Gasteiger partial charge in [0.05, 0.1) is 22.4 Å². The van der Waals surface area contributed by atoms with E-state index in [9.17, 15) is 23.5 Å². The van der Waals surface area contributed by atoms with Crippen molar-refractivity contribution in [2.75, 3.05) is 11.5 Å². The minimum absolute atomic E-state index is 0.0840. The van der Waals surface area contributed by atoms with Gasteiger partial charge in [0.2, 0.25) is 0 Å². The molecule has 1 unspecified atom stereocenters. The number of aromatic nitrogens is 1. The fourth-order valence-corrected chi connectivity index (χ4v) is 5.95. The fraction of sp³-hybridized carbons (Fsp3) is 0.222. The van der Waals surface area contributed by atoms with E-state index in [0.717, 1.165) is 29.0 Å². The maximum Gasteiger partial charge on any atom is 0.301 e. The number of aliphatic hydroxyl groups is 1. The van der Waals surface area contributed by atoms with Crippen LogP contribution in [0.3, 0.4) is 0 Å². The SMILES string of the molecule is Cc1cc(/C(O)=C2\C(=O)C(=O)N(c3nc4cc(F)c(F)cc4s3)C2c2cccs2)ccc1OCC(C)C. The molecule has 1 aliphatic rings. The standard InChI is InChI=1S/C27H22F2N2O4S2/c1-13(2)12-35-19-7-6-15(9-14(19)3)24(32)22-23(20-5-4-8-36-20)31(26(34)25(22)33)27-30-18-10-16(28)17(29)11-21(18)37-27/h4-11,13,23,32H,12H2,1-3H3/b24-22+. The number of benzene rings is 2. The van der Waals surface area contributed by atoms with Crippen molar-refractivity contribution >= 4 is 55.5 Å². The first-order valence-corrected chi connectivity index (χ1v) is 13.2. The first kappa shape index (κ1) is 25.0. The zero-order valence-corrected chi connectivity index (χ0v) is 21.8. The van der Waals surface area contributed by atoms with Gasteiger partial charge in [0.15, 0.2) is 16.8 Å². The van der Waals surface area contributed by atoms with E-state index < -0.39 is 29.4 Å². The minimum Gasteiger partial charge on any atom is -0.507 e. The van der Waals surface area contributed by atoms with Crippen LogP contribution in [0.1, 0.15) is 35.9 Å². The molecule has 0 saturated carbocycles. The lowest BCUT2D eigenvalue weighted by Crippen LogP contribution is -2.28. The number of nitrogens with zero attached hydrogens (tertiary/aromatic N) is 2. The molecule has 1 fully saturated rings. The summed E-state index contributed by atoms with van der Waals surface area (Å²) in [5, 5.41) is 13.2. The van der Waals surface area contributed by atoms with Gasteiger partial charge in [-0.25, -0.2) is 13.8 Å². The van der Waals surface area contributed by atoms with E-state index in [-0.39, 0.29) is 22.0 Å². The number of aliphatic hydroxyl groups excluding tert-OH is 1. The number of hydrogen-bond acceptors (Lipinski definition) is 7. The highest BCUT2D eigenvalue weighted by Crippen LogP contribution is 2.45. The lowest BCUT2D eigenvalue weighted by molar-refractivity contribution is -0.132. The number of ether oxygens (including phenoxy) is 1. The van der Waals surface area contributed by atoms with Gasteiger partial charge in [-0.2, -0.15) is 0 Å². The Hall–Kier alpha value is -3.63. The van der Waals surface area contributed by atoms with E-state index in [4.69, 9.17) is 4.74 Å². The average Bonchev–Trinajstić information content (AvgIpc) is 3.57. The molecule has 0 spiro atoms. The molecule has 1 saturated heterocycles. The number of fused-ring (bicyclic) bond motifs is 1. The van der Waals surface area contributed by atoms with Gasteiger partial charge in [-0.15, -0.1) is 11.3 Å². The first-order valence-electron chi connectivity index (χ1n) is 11.5. The molecule has 1 aliphatic heterocycles. The van der Waals surface area contributed by atoms with Gasteiger partial charge in [0.1, 0.15) is 17.6 Å². The van der Waals surface area contributed by atoms with E-state index in [1.165, 1.54) is 16.2 Å². The predicted molar refractivity (Wildman–Crippen MR) is 140 cm³/mol. The number of aryl methyl sites for hydroxylation is 1. The third-order valence-corrected chi connectivity index (χ3v) is 7.85. The number of thiazole rings is 1. The van der Waals surface area contributed by atoms with Crippen LogP contribution >= 0.6 is 22.7 Å². The molecule has 37 heavy (non-hydrogen) atoms. The molecule has 0 bridgehead atoms. The molecule has 2 aromatic heterocycles. The Morgan fingerprint density at radius 3 is 2.59 bits per heavy atom. The van der Waals surface area contributed by atoms with Gasteiger partial charge in [-0.1, -0.05) is 31.3 Å². The monoisotopic (exact) mass is 540 g/mol. The zero-order valence-electron chi connectivity index (χ0n) is 20.1. The molecule has 3 heterocycles. The number of halogens is 2. The van der Waals surface area contributed by atoms with Crippen molar-refractivity contribution in [2.24, 2.45) is 5.92 Å². The number of amides is 1. The highest BCUT2D eigenvalue weighted by Gasteiger charge is 2.48.